The third-order valence-corrected chi connectivity index (χ3v) is 2.65. The van der Waals surface area contributed by atoms with Gasteiger partial charge in [-0.15, -0.1) is 11.3 Å². The van der Waals surface area contributed by atoms with E-state index in [1.165, 1.54) is 25.2 Å². The highest BCUT2D eigenvalue weighted by molar-refractivity contribution is 7.12. The number of nitrogens with one attached hydrogen (secondary N) is 1. The highest BCUT2D eigenvalue weighted by atomic mass is 32.1. The molecule has 1 heterocycles. The van der Waals surface area contributed by atoms with E-state index in [1.54, 1.807) is 0 Å². The quantitative estimate of drug-likeness (QED) is 0.606. The van der Waals surface area contributed by atoms with Crippen LogP contribution in [0, 0.1) is 11.8 Å². The maximum absolute atomic E-state index is 11.1. The highest BCUT2D eigenvalue weighted by Crippen LogP contribution is 2.15. The van der Waals surface area contributed by atoms with E-state index in [4.69, 9.17) is 0 Å². The molecule has 0 aromatic carbocycles. The van der Waals surface area contributed by atoms with Crippen LogP contribution in [0.4, 0.5) is 0 Å². The minimum Gasteiger partial charge on any atom is -0.345 e. The van der Waals surface area contributed by atoms with E-state index in [-0.39, 0.29) is 11.7 Å². The molecule has 78 valence electrons. The zero-order chi connectivity index (χ0) is 11.3. The molecule has 0 unspecified atom stereocenters. The maximum Gasteiger partial charge on any atom is 0.217 e. The highest BCUT2D eigenvalue weighted by Gasteiger charge is 2.05. The summed E-state index contributed by atoms with van der Waals surface area (Å²) in [6.07, 6.45) is 0. The van der Waals surface area contributed by atoms with E-state index in [0.717, 1.165) is 5.56 Å². The predicted molar refractivity (Wildman–Crippen MR) is 59.9 cm³/mol. The van der Waals surface area contributed by atoms with E-state index in [1.807, 2.05) is 11.4 Å². The first-order chi connectivity index (χ1) is 7.11. The fourth-order valence-corrected chi connectivity index (χ4v) is 1.74. The minimum absolute atomic E-state index is 0.0221. The van der Waals surface area contributed by atoms with Gasteiger partial charge in [-0.05, 0) is 18.4 Å². The van der Waals surface area contributed by atoms with Crippen molar-refractivity contribution in [2.45, 2.75) is 13.8 Å². The SMILES string of the molecule is CC(=O)NCC#Cc1ccsc1C(C)=O. The van der Waals surface area contributed by atoms with Crippen molar-refractivity contribution in [3.05, 3.63) is 21.9 Å². The number of carbonyl (C=O) groups excluding carboxylic acids is 2. The molecule has 1 aromatic rings. The molecular formula is C11H11NO2S. The summed E-state index contributed by atoms with van der Waals surface area (Å²) in [5, 5.41) is 4.40. The monoisotopic (exact) mass is 221 g/mol. The van der Waals surface area contributed by atoms with Crippen molar-refractivity contribution in [3.63, 3.8) is 0 Å². The Morgan fingerprint density at radius 2 is 2.20 bits per heavy atom. The molecule has 1 amide bonds. The zero-order valence-corrected chi connectivity index (χ0v) is 9.40. The van der Waals surface area contributed by atoms with Crippen molar-refractivity contribution < 1.29 is 9.59 Å². The smallest absolute Gasteiger partial charge is 0.217 e. The number of amides is 1. The molecule has 1 rings (SSSR count). The van der Waals surface area contributed by atoms with Gasteiger partial charge in [-0.25, -0.2) is 0 Å². The Balaban J connectivity index is 2.67. The van der Waals surface area contributed by atoms with Gasteiger partial charge in [-0.1, -0.05) is 11.8 Å². The lowest BCUT2D eigenvalue weighted by atomic mass is 10.2. The summed E-state index contributed by atoms with van der Waals surface area (Å²) >= 11 is 1.38. The van der Waals surface area contributed by atoms with Crippen molar-refractivity contribution in [2.24, 2.45) is 0 Å². The first-order valence-electron chi connectivity index (χ1n) is 4.43. The van der Waals surface area contributed by atoms with Crippen LogP contribution in [0.2, 0.25) is 0 Å². The third-order valence-electron chi connectivity index (χ3n) is 1.63. The molecule has 4 heteroatoms. The van der Waals surface area contributed by atoms with E-state index in [9.17, 15) is 9.59 Å². The van der Waals surface area contributed by atoms with E-state index < -0.39 is 0 Å². The second-order valence-electron chi connectivity index (χ2n) is 2.93. The summed E-state index contributed by atoms with van der Waals surface area (Å²) in [6, 6.07) is 1.81. The Morgan fingerprint density at radius 3 is 2.80 bits per heavy atom. The van der Waals surface area contributed by atoms with Gasteiger partial charge in [-0.3, -0.25) is 9.59 Å². The van der Waals surface area contributed by atoms with Crippen molar-refractivity contribution in [3.8, 4) is 11.8 Å². The molecule has 1 N–H and O–H groups in total. The summed E-state index contributed by atoms with van der Waals surface area (Å²) in [5.74, 6) is 5.55. The second-order valence-corrected chi connectivity index (χ2v) is 3.85. The Bertz CT molecular complexity index is 437. The Morgan fingerprint density at radius 1 is 1.47 bits per heavy atom. The molecule has 1 aromatic heterocycles. The van der Waals surface area contributed by atoms with Gasteiger partial charge in [0.05, 0.1) is 11.4 Å². The van der Waals surface area contributed by atoms with Gasteiger partial charge in [0, 0.05) is 12.5 Å². The van der Waals surface area contributed by atoms with E-state index in [0.29, 0.717) is 11.4 Å². The summed E-state index contributed by atoms with van der Waals surface area (Å²) in [7, 11) is 0. The first kappa shape index (κ1) is 11.5. The van der Waals surface area contributed by atoms with Gasteiger partial charge in [0.2, 0.25) is 5.91 Å². The average Bonchev–Trinajstić information content (AvgIpc) is 2.60. The molecule has 0 atom stereocenters. The van der Waals surface area contributed by atoms with Crippen LogP contribution in [0.25, 0.3) is 0 Å². The fraction of sp³-hybridized carbons (Fsp3) is 0.273. The lowest BCUT2D eigenvalue weighted by Gasteiger charge is -1.92. The van der Waals surface area contributed by atoms with Gasteiger partial charge in [0.1, 0.15) is 0 Å². The lowest BCUT2D eigenvalue weighted by Crippen LogP contribution is -2.19. The number of hydrogen-bond acceptors (Lipinski definition) is 3. The van der Waals surface area contributed by atoms with Crippen LogP contribution in [0.15, 0.2) is 11.4 Å². The van der Waals surface area contributed by atoms with Crippen LogP contribution in [-0.2, 0) is 4.79 Å². The van der Waals surface area contributed by atoms with Crippen LogP contribution < -0.4 is 5.32 Å². The molecular weight excluding hydrogens is 210 g/mol. The van der Waals surface area contributed by atoms with Crippen molar-refractivity contribution in [1.29, 1.82) is 0 Å². The molecule has 0 aliphatic heterocycles. The van der Waals surface area contributed by atoms with Crippen LogP contribution in [0.5, 0.6) is 0 Å². The normalized spacial score (nSPS) is 8.93. The van der Waals surface area contributed by atoms with Crippen molar-refractivity contribution in [1.82, 2.24) is 5.32 Å². The average molecular weight is 221 g/mol. The molecule has 0 spiro atoms. The van der Waals surface area contributed by atoms with Crippen LogP contribution in [-0.4, -0.2) is 18.2 Å². The fourth-order valence-electron chi connectivity index (χ4n) is 0.988. The minimum atomic E-state index is -0.110. The molecule has 0 aliphatic carbocycles. The summed E-state index contributed by atoms with van der Waals surface area (Å²) in [4.78, 5) is 22.4. The number of ketones is 1. The topological polar surface area (TPSA) is 46.2 Å². The van der Waals surface area contributed by atoms with Gasteiger partial charge in [0.25, 0.3) is 0 Å². The van der Waals surface area contributed by atoms with Crippen molar-refractivity contribution in [2.75, 3.05) is 6.54 Å². The third kappa shape index (κ3) is 3.56. The predicted octanol–water partition coefficient (Wildman–Crippen LogP) is 1.44. The lowest BCUT2D eigenvalue weighted by molar-refractivity contribution is -0.118. The number of Topliss-reactive ketones (excluding diaryl/α,β-unsaturated/α-hetero) is 1. The summed E-state index contributed by atoms with van der Waals surface area (Å²) < 4.78 is 0. The zero-order valence-electron chi connectivity index (χ0n) is 8.59. The maximum atomic E-state index is 11.1. The van der Waals surface area contributed by atoms with E-state index in [2.05, 4.69) is 17.2 Å². The molecule has 0 fully saturated rings. The molecule has 0 bridgehead atoms. The van der Waals surface area contributed by atoms with E-state index >= 15 is 0 Å². The molecule has 0 aliphatic rings. The van der Waals surface area contributed by atoms with Crippen LogP contribution >= 0.6 is 11.3 Å². The standard InChI is InChI=1S/C11H11NO2S/c1-8(13)11-10(5-7-15-11)4-3-6-12-9(2)14/h5,7H,6H2,1-2H3,(H,12,14). The van der Waals surface area contributed by atoms with Gasteiger partial charge >= 0.3 is 0 Å². The largest absolute Gasteiger partial charge is 0.345 e. The number of hydrogen-bond donors (Lipinski definition) is 1. The first-order valence-corrected chi connectivity index (χ1v) is 5.31. The van der Waals surface area contributed by atoms with Gasteiger partial charge in [0.15, 0.2) is 5.78 Å². The van der Waals surface area contributed by atoms with Gasteiger partial charge in [-0.2, -0.15) is 0 Å². The Kier molecular flexibility index (Phi) is 4.07. The Hall–Kier alpha value is -1.60. The molecule has 0 saturated heterocycles. The summed E-state index contributed by atoms with van der Waals surface area (Å²) in [5.41, 5.74) is 0.734. The second kappa shape index (κ2) is 5.32. The molecule has 3 nitrogen and oxygen atoms in total. The van der Waals surface area contributed by atoms with Crippen LogP contribution in [0.1, 0.15) is 29.1 Å². The van der Waals surface area contributed by atoms with Gasteiger partial charge < -0.3 is 5.32 Å². The number of thiophene rings is 1. The van der Waals surface area contributed by atoms with Crippen LogP contribution in [0.3, 0.4) is 0 Å². The molecule has 0 saturated carbocycles. The molecule has 15 heavy (non-hydrogen) atoms. The number of rotatable bonds is 2. The van der Waals surface area contributed by atoms with Crippen molar-refractivity contribution >= 4 is 23.0 Å². The Labute approximate surface area is 92.5 Å². The summed E-state index contributed by atoms with van der Waals surface area (Å²) in [6.45, 7) is 3.26. The number of carbonyl (C=O) groups is 2. The molecule has 0 radical (unpaired) electrons.